The monoisotopic (exact) mass is 467 g/mol. The summed E-state index contributed by atoms with van der Waals surface area (Å²) in [5.41, 5.74) is 1.68. The highest BCUT2D eigenvalue weighted by atomic mass is 32.2. The number of nitrogens with zero attached hydrogens (tertiary/aromatic N) is 3. The van der Waals surface area contributed by atoms with E-state index in [-0.39, 0.29) is 17.2 Å². The van der Waals surface area contributed by atoms with Crippen LogP contribution in [-0.2, 0) is 11.3 Å². The number of carbonyl (C=O) groups excluding carboxylic acids is 1. The van der Waals surface area contributed by atoms with Crippen molar-refractivity contribution in [3.8, 4) is 10.4 Å². The Hall–Kier alpha value is -2.68. The van der Waals surface area contributed by atoms with E-state index in [1.807, 2.05) is 60.1 Å². The molecule has 0 aliphatic heterocycles. The lowest BCUT2D eigenvalue weighted by molar-refractivity contribution is -0.116. The Kier molecular flexibility index (Phi) is 6.70. The summed E-state index contributed by atoms with van der Waals surface area (Å²) >= 11 is 4.35. The highest BCUT2D eigenvalue weighted by Gasteiger charge is 2.20. The topological polar surface area (TPSA) is 55.2 Å². The van der Waals surface area contributed by atoms with E-state index in [2.05, 4.69) is 6.58 Å². The molecule has 0 N–H and O–H groups in total. The third-order valence-electron chi connectivity index (χ3n) is 4.77. The van der Waals surface area contributed by atoms with Gasteiger partial charge >= 0.3 is 0 Å². The van der Waals surface area contributed by atoms with Gasteiger partial charge < -0.3 is 4.90 Å². The first-order chi connectivity index (χ1) is 15.1. The Morgan fingerprint density at radius 1 is 1.23 bits per heavy atom. The molecule has 3 aromatic heterocycles. The minimum atomic E-state index is -0.0973. The first kappa shape index (κ1) is 21.5. The molecule has 4 rings (SSSR count). The van der Waals surface area contributed by atoms with Gasteiger partial charge in [-0.3, -0.25) is 14.2 Å². The Labute approximate surface area is 192 Å². The summed E-state index contributed by atoms with van der Waals surface area (Å²) in [5.74, 6) is 0.171. The van der Waals surface area contributed by atoms with Crippen molar-refractivity contribution in [3.63, 3.8) is 0 Å². The molecular weight excluding hydrogens is 446 g/mol. The molecule has 0 fully saturated rings. The van der Waals surface area contributed by atoms with Gasteiger partial charge in [0.2, 0.25) is 5.91 Å². The summed E-state index contributed by atoms with van der Waals surface area (Å²) in [6, 6.07) is 13.6. The van der Waals surface area contributed by atoms with Gasteiger partial charge in [0.15, 0.2) is 5.16 Å². The fraction of sp³-hybridized carbons (Fsp3) is 0.174. The number of rotatable bonds is 8. The van der Waals surface area contributed by atoms with E-state index in [1.54, 1.807) is 26.9 Å². The zero-order valence-corrected chi connectivity index (χ0v) is 19.4. The molecule has 0 aliphatic carbocycles. The summed E-state index contributed by atoms with van der Waals surface area (Å²) in [7, 11) is 0. The molecule has 0 atom stereocenters. The fourth-order valence-corrected chi connectivity index (χ4v) is 6.02. The maximum absolute atomic E-state index is 13.4. The van der Waals surface area contributed by atoms with Crippen LogP contribution in [0.4, 0.5) is 5.69 Å². The molecule has 0 bridgehead atoms. The van der Waals surface area contributed by atoms with Crippen molar-refractivity contribution < 1.29 is 4.79 Å². The van der Waals surface area contributed by atoms with Crippen LogP contribution < -0.4 is 10.5 Å². The van der Waals surface area contributed by atoms with Gasteiger partial charge in [0.1, 0.15) is 4.83 Å². The lowest BCUT2D eigenvalue weighted by Gasteiger charge is -2.21. The number of amides is 1. The van der Waals surface area contributed by atoms with Crippen LogP contribution in [0.1, 0.15) is 6.92 Å². The number of para-hydroxylation sites is 1. The van der Waals surface area contributed by atoms with Crippen molar-refractivity contribution in [2.45, 2.75) is 18.6 Å². The minimum Gasteiger partial charge on any atom is -0.312 e. The molecule has 0 aliphatic rings. The predicted octanol–water partition coefficient (Wildman–Crippen LogP) is 5.52. The molecule has 31 heavy (non-hydrogen) atoms. The molecule has 158 valence electrons. The Balaban J connectivity index is 1.66. The molecule has 0 radical (unpaired) electrons. The Morgan fingerprint density at radius 3 is 2.71 bits per heavy atom. The average molecular weight is 468 g/mol. The zero-order valence-electron chi connectivity index (χ0n) is 17.0. The summed E-state index contributed by atoms with van der Waals surface area (Å²) in [6.07, 6.45) is 1.68. The molecule has 3 heterocycles. The highest BCUT2D eigenvalue weighted by Crippen LogP contribution is 2.34. The Morgan fingerprint density at radius 2 is 2.03 bits per heavy atom. The summed E-state index contributed by atoms with van der Waals surface area (Å²) in [5, 5.41) is 5.15. The van der Waals surface area contributed by atoms with Gasteiger partial charge in [-0.25, -0.2) is 4.98 Å². The maximum Gasteiger partial charge on any atom is 0.263 e. The summed E-state index contributed by atoms with van der Waals surface area (Å²) in [6.45, 7) is 6.65. The van der Waals surface area contributed by atoms with Crippen molar-refractivity contribution in [2.75, 3.05) is 17.2 Å². The number of anilines is 1. The van der Waals surface area contributed by atoms with Crippen LogP contribution in [0.25, 0.3) is 20.7 Å². The molecule has 1 aromatic carbocycles. The highest BCUT2D eigenvalue weighted by molar-refractivity contribution is 7.99. The third-order valence-corrected chi connectivity index (χ3v) is 7.50. The van der Waals surface area contributed by atoms with Gasteiger partial charge in [-0.1, -0.05) is 42.1 Å². The molecule has 1 amide bonds. The van der Waals surface area contributed by atoms with E-state index in [1.165, 1.54) is 23.1 Å². The van der Waals surface area contributed by atoms with E-state index < -0.39 is 0 Å². The molecule has 0 saturated heterocycles. The lowest BCUT2D eigenvalue weighted by Crippen LogP contribution is -2.32. The van der Waals surface area contributed by atoms with Crippen molar-refractivity contribution in [1.82, 2.24) is 9.55 Å². The predicted molar refractivity (Wildman–Crippen MR) is 133 cm³/mol. The number of hydrogen-bond acceptors (Lipinski definition) is 6. The largest absolute Gasteiger partial charge is 0.312 e. The van der Waals surface area contributed by atoms with Crippen molar-refractivity contribution in [3.05, 3.63) is 76.2 Å². The molecule has 0 spiro atoms. The smallest absolute Gasteiger partial charge is 0.263 e. The van der Waals surface area contributed by atoms with E-state index in [0.717, 1.165) is 16.1 Å². The average Bonchev–Trinajstić information content (AvgIpc) is 3.45. The van der Waals surface area contributed by atoms with Crippen LogP contribution in [0.15, 0.2) is 75.8 Å². The Bertz CT molecular complexity index is 1260. The van der Waals surface area contributed by atoms with Crippen LogP contribution in [0, 0.1) is 0 Å². The SMILES string of the molecule is C=CCn1c(SCC(=O)N(CC)c2ccccc2)nc2scc(-c3cccs3)c2c1=O. The molecular formula is C23H21N3O2S3. The van der Waals surface area contributed by atoms with E-state index in [0.29, 0.717) is 28.5 Å². The number of fused-ring (bicyclic) bond motifs is 1. The third kappa shape index (κ3) is 4.37. The molecule has 0 unspecified atom stereocenters. The normalized spacial score (nSPS) is 11.0. The van der Waals surface area contributed by atoms with Crippen molar-refractivity contribution in [2.24, 2.45) is 0 Å². The van der Waals surface area contributed by atoms with E-state index >= 15 is 0 Å². The van der Waals surface area contributed by atoms with Crippen LogP contribution in [0.2, 0.25) is 0 Å². The maximum atomic E-state index is 13.4. The first-order valence-corrected chi connectivity index (χ1v) is 12.5. The van der Waals surface area contributed by atoms with Crippen LogP contribution in [-0.4, -0.2) is 27.8 Å². The number of thioether (sulfide) groups is 1. The van der Waals surface area contributed by atoms with Crippen LogP contribution in [0.3, 0.4) is 0 Å². The summed E-state index contributed by atoms with van der Waals surface area (Å²) < 4.78 is 1.61. The van der Waals surface area contributed by atoms with Crippen LogP contribution >= 0.6 is 34.4 Å². The molecule has 4 aromatic rings. The van der Waals surface area contributed by atoms with Gasteiger partial charge in [-0.05, 0) is 30.5 Å². The molecule has 8 heteroatoms. The quantitative estimate of drug-likeness (QED) is 0.195. The molecule has 0 saturated carbocycles. The van der Waals surface area contributed by atoms with Crippen molar-refractivity contribution in [1.29, 1.82) is 0 Å². The fourth-order valence-electron chi connectivity index (χ4n) is 3.33. The first-order valence-electron chi connectivity index (χ1n) is 9.79. The lowest BCUT2D eigenvalue weighted by atomic mass is 10.2. The second-order valence-electron chi connectivity index (χ2n) is 6.67. The second-order valence-corrected chi connectivity index (χ2v) is 9.42. The number of hydrogen-bond donors (Lipinski definition) is 0. The number of aromatic nitrogens is 2. The zero-order chi connectivity index (χ0) is 21.8. The second kappa shape index (κ2) is 9.64. The number of carbonyl (C=O) groups is 1. The van der Waals surface area contributed by atoms with Gasteiger partial charge in [-0.2, -0.15) is 0 Å². The minimum absolute atomic E-state index is 0.0244. The summed E-state index contributed by atoms with van der Waals surface area (Å²) in [4.78, 5) is 34.5. The van der Waals surface area contributed by atoms with Crippen LogP contribution in [0.5, 0.6) is 0 Å². The number of thiophene rings is 2. The van der Waals surface area contributed by atoms with Gasteiger partial charge in [-0.15, -0.1) is 29.3 Å². The van der Waals surface area contributed by atoms with Gasteiger partial charge in [0, 0.05) is 34.6 Å². The standard InChI is InChI=1S/C23H21N3O2S3/c1-3-12-26-22(28)20-17(18-11-8-13-29-18)14-30-21(20)24-23(26)31-15-19(27)25(4-2)16-9-6-5-7-10-16/h3,5-11,13-14H,1,4,12,15H2,2H3. The van der Waals surface area contributed by atoms with Crippen molar-refractivity contribution >= 4 is 56.2 Å². The van der Waals surface area contributed by atoms with Gasteiger partial charge in [0.25, 0.3) is 5.56 Å². The van der Waals surface area contributed by atoms with E-state index in [4.69, 9.17) is 4.98 Å². The van der Waals surface area contributed by atoms with Gasteiger partial charge in [0.05, 0.1) is 11.1 Å². The molecule has 5 nitrogen and oxygen atoms in total. The number of allylic oxidation sites excluding steroid dienone is 1. The van der Waals surface area contributed by atoms with E-state index in [9.17, 15) is 9.59 Å². The number of benzene rings is 1.